The Hall–Kier alpha value is -0.820. The second-order valence-corrected chi connectivity index (χ2v) is 9.53. The zero-order valence-corrected chi connectivity index (χ0v) is 15.3. The Morgan fingerprint density at radius 2 is 1.65 bits per heavy atom. The summed E-state index contributed by atoms with van der Waals surface area (Å²) in [4.78, 5) is 16.3. The third kappa shape index (κ3) is 5.64. The van der Waals surface area contributed by atoms with Gasteiger partial charge in [-0.1, -0.05) is 13.8 Å². The van der Waals surface area contributed by atoms with Crippen molar-refractivity contribution in [3.63, 3.8) is 0 Å². The number of hydrogen-bond donors (Lipinski definition) is 0. The monoisotopic (exact) mass is 346 g/mol. The van der Waals surface area contributed by atoms with Crippen LogP contribution in [-0.2, 0) is 14.6 Å². The van der Waals surface area contributed by atoms with Crippen LogP contribution in [0.3, 0.4) is 0 Å². The molecule has 6 nitrogen and oxygen atoms in total. The summed E-state index contributed by atoms with van der Waals surface area (Å²) in [6.45, 7) is 9.11. The maximum absolute atomic E-state index is 12.2. The van der Waals surface area contributed by atoms with E-state index in [-0.39, 0.29) is 12.2 Å². The molecule has 0 spiro atoms. The molecule has 0 N–H and O–H groups in total. The first-order valence-corrected chi connectivity index (χ1v) is 10.5. The van der Waals surface area contributed by atoms with Crippen LogP contribution in [0, 0.1) is 5.92 Å². The van der Waals surface area contributed by atoms with E-state index >= 15 is 0 Å². The molecule has 2 saturated heterocycles. The molecule has 2 fully saturated rings. The van der Waals surface area contributed by atoms with E-state index in [2.05, 4.69) is 18.7 Å². The van der Waals surface area contributed by atoms with Gasteiger partial charge in [-0.2, -0.15) is 0 Å². The lowest BCUT2D eigenvalue weighted by atomic mass is 10.1. The first kappa shape index (κ1) is 18.5. The van der Waals surface area contributed by atoms with E-state index in [0.717, 1.165) is 32.4 Å². The molecular formula is C16H30N2O4S. The molecule has 2 rings (SSSR count). The van der Waals surface area contributed by atoms with Crippen LogP contribution < -0.4 is 0 Å². The molecule has 0 aliphatic carbocycles. The fraction of sp³-hybridized carbons (Fsp3) is 0.938. The van der Waals surface area contributed by atoms with Gasteiger partial charge in [0.2, 0.25) is 0 Å². The normalized spacial score (nSPS) is 24.6. The van der Waals surface area contributed by atoms with Crippen LogP contribution in [0.25, 0.3) is 0 Å². The number of ether oxygens (including phenoxy) is 1. The second kappa shape index (κ2) is 7.83. The molecule has 2 aliphatic rings. The first-order chi connectivity index (χ1) is 10.8. The Balaban J connectivity index is 1.74. The Morgan fingerprint density at radius 1 is 1.09 bits per heavy atom. The van der Waals surface area contributed by atoms with Crippen molar-refractivity contribution in [1.82, 2.24) is 9.80 Å². The molecule has 0 aromatic carbocycles. The Kier molecular flexibility index (Phi) is 6.31. The minimum Gasteiger partial charge on any atom is -0.446 e. The summed E-state index contributed by atoms with van der Waals surface area (Å²) in [6, 6.07) is 0.344. The van der Waals surface area contributed by atoms with Crippen LogP contribution >= 0.6 is 0 Å². The molecule has 23 heavy (non-hydrogen) atoms. The molecule has 2 aliphatic heterocycles. The van der Waals surface area contributed by atoms with Crippen molar-refractivity contribution in [3.05, 3.63) is 0 Å². The van der Waals surface area contributed by atoms with Crippen molar-refractivity contribution in [2.75, 3.05) is 37.7 Å². The van der Waals surface area contributed by atoms with Gasteiger partial charge >= 0.3 is 6.09 Å². The number of piperazine rings is 1. The van der Waals surface area contributed by atoms with Gasteiger partial charge in [0, 0.05) is 32.2 Å². The highest BCUT2D eigenvalue weighted by Gasteiger charge is 2.31. The van der Waals surface area contributed by atoms with Crippen molar-refractivity contribution in [3.8, 4) is 0 Å². The largest absolute Gasteiger partial charge is 0.446 e. The van der Waals surface area contributed by atoms with Crippen molar-refractivity contribution in [1.29, 1.82) is 0 Å². The van der Waals surface area contributed by atoms with Gasteiger partial charge in [-0.3, -0.25) is 4.90 Å². The van der Waals surface area contributed by atoms with Crippen LogP contribution in [-0.4, -0.2) is 74.1 Å². The number of sulfone groups is 1. The van der Waals surface area contributed by atoms with Crippen LogP contribution in [0.5, 0.6) is 0 Å². The molecule has 0 bridgehead atoms. The molecule has 0 saturated carbocycles. The molecule has 134 valence electrons. The smallest absolute Gasteiger partial charge is 0.410 e. The average Bonchev–Trinajstić information content (AvgIpc) is 2.46. The summed E-state index contributed by atoms with van der Waals surface area (Å²) in [5, 5.41) is 0. The number of carbonyl (C=O) groups excluding carboxylic acids is 1. The van der Waals surface area contributed by atoms with Gasteiger partial charge in [0.05, 0.1) is 11.5 Å². The minimum atomic E-state index is -2.81. The van der Waals surface area contributed by atoms with Crippen LogP contribution in [0.4, 0.5) is 4.79 Å². The zero-order valence-electron chi connectivity index (χ0n) is 14.5. The third-order valence-corrected chi connectivity index (χ3v) is 6.43. The lowest BCUT2D eigenvalue weighted by Crippen LogP contribution is -2.53. The van der Waals surface area contributed by atoms with Crippen molar-refractivity contribution in [2.24, 2.45) is 5.92 Å². The fourth-order valence-corrected chi connectivity index (χ4v) is 4.94. The van der Waals surface area contributed by atoms with Gasteiger partial charge in [0.15, 0.2) is 0 Å². The number of carbonyl (C=O) groups is 1. The molecule has 1 atom stereocenters. The first-order valence-electron chi connectivity index (χ1n) is 8.67. The van der Waals surface area contributed by atoms with E-state index < -0.39 is 9.84 Å². The van der Waals surface area contributed by atoms with Gasteiger partial charge in [-0.25, -0.2) is 13.2 Å². The number of hydrogen-bond acceptors (Lipinski definition) is 5. The molecular weight excluding hydrogens is 316 g/mol. The molecule has 1 unspecified atom stereocenters. The number of amides is 1. The summed E-state index contributed by atoms with van der Waals surface area (Å²) >= 11 is 0. The predicted octanol–water partition coefficient (Wildman–Crippen LogP) is 1.75. The molecule has 0 radical (unpaired) electrons. The van der Waals surface area contributed by atoms with Crippen LogP contribution in [0.15, 0.2) is 0 Å². The van der Waals surface area contributed by atoms with Gasteiger partial charge in [-0.05, 0) is 32.1 Å². The highest BCUT2D eigenvalue weighted by atomic mass is 32.2. The average molecular weight is 346 g/mol. The van der Waals surface area contributed by atoms with Gasteiger partial charge in [-0.15, -0.1) is 0 Å². The quantitative estimate of drug-likeness (QED) is 0.776. The van der Waals surface area contributed by atoms with Crippen molar-refractivity contribution in [2.45, 2.75) is 52.2 Å². The highest BCUT2D eigenvalue weighted by molar-refractivity contribution is 7.91. The Morgan fingerprint density at radius 3 is 2.17 bits per heavy atom. The third-order valence-electron chi connectivity index (χ3n) is 4.72. The number of nitrogens with zero attached hydrogens (tertiary/aromatic N) is 2. The topological polar surface area (TPSA) is 66.9 Å². The zero-order chi connectivity index (χ0) is 17.0. The van der Waals surface area contributed by atoms with Gasteiger partial charge in [0.1, 0.15) is 15.9 Å². The summed E-state index contributed by atoms with van der Waals surface area (Å²) < 4.78 is 28.5. The van der Waals surface area contributed by atoms with Gasteiger partial charge < -0.3 is 9.64 Å². The summed E-state index contributed by atoms with van der Waals surface area (Å²) in [7, 11) is -2.81. The van der Waals surface area contributed by atoms with E-state index in [9.17, 15) is 13.2 Å². The maximum Gasteiger partial charge on any atom is 0.410 e. The molecule has 7 heteroatoms. The van der Waals surface area contributed by atoms with E-state index in [1.165, 1.54) is 0 Å². The summed E-state index contributed by atoms with van der Waals surface area (Å²) in [5.74, 6) is 1.11. The molecule has 0 aromatic rings. The maximum atomic E-state index is 12.2. The predicted molar refractivity (Wildman–Crippen MR) is 90.2 cm³/mol. The van der Waals surface area contributed by atoms with Gasteiger partial charge in [0.25, 0.3) is 0 Å². The van der Waals surface area contributed by atoms with E-state index in [1.54, 1.807) is 4.90 Å². The minimum absolute atomic E-state index is 0.0518. The van der Waals surface area contributed by atoms with E-state index in [4.69, 9.17) is 4.74 Å². The molecule has 0 aromatic heterocycles. The van der Waals surface area contributed by atoms with Crippen molar-refractivity contribution < 1.29 is 17.9 Å². The summed E-state index contributed by atoms with van der Waals surface area (Å²) in [6.07, 6.45) is 2.05. The van der Waals surface area contributed by atoms with E-state index in [0.29, 0.717) is 36.6 Å². The highest BCUT2D eigenvalue weighted by Crippen LogP contribution is 2.20. The SMILES string of the molecule is CC(C)CC(C)OC(=O)N1CCN(C2CCS(=O)(=O)CC2)CC1. The standard InChI is InChI=1S/C16H30N2O4S/c1-13(2)12-14(3)22-16(19)18-8-6-17(7-9-18)15-4-10-23(20,21)11-5-15/h13-15H,4-12H2,1-3H3. The van der Waals surface area contributed by atoms with Crippen LogP contribution in [0.2, 0.25) is 0 Å². The fourth-order valence-electron chi connectivity index (χ4n) is 3.47. The Labute approximate surface area is 140 Å². The molecule has 1 amide bonds. The summed E-state index contributed by atoms with van der Waals surface area (Å²) in [5.41, 5.74) is 0. The van der Waals surface area contributed by atoms with Crippen molar-refractivity contribution >= 4 is 15.9 Å². The molecule has 2 heterocycles. The van der Waals surface area contributed by atoms with E-state index in [1.807, 2.05) is 6.92 Å². The lowest BCUT2D eigenvalue weighted by molar-refractivity contribution is 0.0372. The number of rotatable bonds is 4. The Bertz CT molecular complexity index is 484. The second-order valence-electron chi connectivity index (χ2n) is 7.23. The van der Waals surface area contributed by atoms with Crippen LogP contribution in [0.1, 0.15) is 40.0 Å². The lowest BCUT2D eigenvalue weighted by Gasteiger charge is -2.40.